The van der Waals surface area contributed by atoms with Crippen LogP contribution < -0.4 is 10.2 Å². The van der Waals surface area contributed by atoms with E-state index >= 15 is 0 Å². The van der Waals surface area contributed by atoms with E-state index in [2.05, 4.69) is 32.2 Å². The van der Waals surface area contributed by atoms with Gasteiger partial charge in [-0.05, 0) is 64.9 Å². The Labute approximate surface area is 201 Å². The van der Waals surface area contributed by atoms with Crippen LogP contribution in [-0.2, 0) is 14.8 Å². The molecule has 4 rings (SSSR count). The largest absolute Gasteiger partial charge is 0.444 e. The molecule has 3 heterocycles. The zero-order chi connectivity index (χ0) is 24.5. The highest BCUT2D eigenvalue weighted by molar-refractivity contribution is 7.89. The topological polar surface area (TPSA) is 121 Å². The number of hydrogen-bond acceptors (Lipinski definition) is 7. The summed E-state index contributed by atoms with van der Waals surface area (Å²) in [4.78, 5) is 26.1. The number of rotatable bonds is 6. The van der Waals surface area contributed by atoms with Crippen molar-refractivity contribution in [3.63, 3.8) is 0 Å². The first-order chi connectivity index (χ1) is 16.0. The molecule has 1 atom stereocenters. The lowest BCUT2D eigenvalue weighted by molar-refractivity contribution is 0.0507. The minimum absolute atomic E-state index is 0.144. The van der Waals surface area contributed by atoms with Crippen molar-refractivity contribution in [2.24, 2.45) is 5.92 Å². The lowest BCUT2D eigenvalue weighted by atomic mass is 9.86. The van der Waals surface area contributed by atoms with Gasteiger partial charge in [0.1, 0.15) is 23.4 Å². The van der Waals surface area contributed by atoms with E-state index in [1.165, 1.54) is 4.31 Å². The number of sulfonamides is 1. The van der Waals surface area contributed by atoms with E-state index in [1.807, 2.05) is 12.3 Å². The van der Waals surface area contributed by atoms with Crippen LogP contribution >= 0.6 is 0 Å². The van der Waals surface area contributed by atoms with Crippen LogP contribution in [-0.4, -0.2) is 77.3 Å². The first-order valence-corrected chi connectivity index (χ1v) is 13.6. The number of nitrogens with one attached hydrogen (secondary N) is 2. The Bertz CT molecular complexity index is 1100. The summed E-state index contributed by atoms with van der Waals surface area (Å²) in [6.07, 6.45) is 7.12. The van der Waals surface area contributed by atoms with Gasteiger partial charge in [0, 0.05) is 38.4 Å². The molecule has 1 amide bonds. The fraction of sp³-hybridized carbons (Fsp3) is 0.696. The van der Waals surface area contributed by atoms with Gasteiger partial charge in [0.05, 0.1) is 11.1 Å². The number of aromatic amines is 1. The summed E-state index contributed by atoms with van der Waals surface area (Å²) in [6.45, 7) is 6.15. The van der Waals surface area contributed by atoms with Crippen molar-refractivity contribution >= 4 is 33.0 Å². The maximum Gasteiger partial charge on any atom is 0.407 e. The Hall–Kier alpha value is -2.40. The van der Waals surface area contributed by atoms with Crippen LogP contribution in [0.2, 0.25) is 0 Å². The Balaban J connectivity index is 1.27. The van der Waals surface area contributed by atoms with Gasteiger partial charge in [-0.25, -0.2) is 23.2 Å². The van der Waals surface area contributed by atoms with Crippen molar-refractivity contribution < 1.29 is 17.9 Å². The predicted octanol–water partition coefficient (Wildman–Crippen LogP) is 2.88. The van der Waals surface area contributed by atoms with Gasteiger partial charge < -0.3 is 19.9 Å². The number of ether oxygens (including phenoxy) is 1. The number of hydrogen-bond donors (Lipinski definition) is 2. The summed E-state index contributed by atoms with van der Waals surface area (Å²) in [5.41, 5.74) is 0.240. The number of amides is 1. The molecule has 2 fully saturated rings. The van der Waals surface area contributed by atoms with Crippen molar-refractivity contribution in [2.75, 3.05) is 30.8 Å². The molecule has 0 spiro atoms. The van der Waals surface area contributed by atoms with Crippen molar-refractivity contribution in [2.45, 2.75) is 70.6 Å². The lowest BCUT2D eigenvalue weighted by Crippen LogP contribution is -2.42. The van der Waals surface area contributed by atoms with E-state index in [0.717, 1.165) is 42.5 Å². The van der Waals surface area contributed by atoms with Crippen LogP contribution in [0.3, 0.4) is 0 Å². The molecule has 0 aromatic carbocycles. The van der Waals surface area contributed by atoms with Crippen molar-refractivity contribution in [3.05, 3.63) is 18.6 Å². The van der Waals surface area contributed by atoms with Crippen LogP contribution in [0.15, 0.2) is 18.6 Å². The molecule has 34 heavy (non-hydrogen) atoms. The molecule has 0 radical (unpaired) electrons. The first-order valence-electron chi connectivity index (χ1n) is 12.0. The van der Waals surface area contributed by atoms with Gasteiger partial charge in [-0.15, -0.1) is 0 Å². The molecule has 11 heteroatoms. The van der Waals surface area contributed by atoms with E-state index in [-0.39, 0.29) is 17.7 Å². The molecule has 1 aliphatic heterocycles. The highest BCUT2D eigenvalue weighted by atomic mass is 32.2. The second-order valence-electron chi connectivity index (χ2n) is 10.5. The second-order valence-corrected chi connectivity index (χ2v) is 12.5. The lowest BCUT2D eigenvalue weighted by Gasteiger charge is -2.35. The van der Waals surface area contributed by atoms with Crippen molar-refractivity contribution in [3.8, 4) is 0 Å². The molecule has 2 aromatic heterocycles. The molecule has 1 saturated heterocycles. The SMILES string of the molecule is CN(c1ncnc2[nH]ccc12)C1CCC(CS(=O)(=O)N2CC[C@H](NC(=O)OC(C)(C)C)C2)CC1. The van der Waals surface area contributed by atoms with E-state index < -0.39 is 21.7 Å². The van der Waals surface area contributed by atoms with Gasteiger partial charge in [-0.1, -0.05) is 0 Å². The smallest absolute Gasteiger partial charge is 0.407 e. The number of nitrogens with zero attached hydrogens (tertiary/aromatic N) is 4. The molecule has 2 N–H and O–H groups in total. The molecular formula is C23H36N6O4S. The maximum atomic E-state index is 13.1. The molecule has 0 bridgehead atoms. The first kappa shape index (κ1) is 24.7. The standard InChI is InChI=1S/C23H36N6O4S/c1-23(2,3)33-22(30)27-17-10-12-29(13-17)34(31,32)14-16-5-7-18(8-6-16)28(4)21-19-9-11-24-20(19)25-15-26-21/h9,11,15-18H,5-8,10,12-14H2,1-4H3,(H,27,30)(H,24,25,26)/t16?,17-,18?/m0/s1. The van der Waals surface area contributed by atoms with Crippen LogP contribution in [0.4, 0.5) is 10.6 Å². The fourth-order valence-electron chi connectivity index (χ4n) is 4.99. The fourth-order valence-corrected chi connectivity index (χ4v) is 6.92. The summed E-state index contributed by atoms with van der Waals surface area (Å²) >= 11 is 0. The maximum absolute atomic E-state index is 13.1. The number of alkyl carbamates (subject to hydrolysis) is 1. The average molecular weight is 493 g/mol. The van der Waals surface area contributed by atoms with Crippen LogP contribution in [0.1, 0.15) is 52.9 Å². The highest BCUT2D eigenvalue weighted by Crippen LogP contribution is 2.32. The number of carbonyl (C=O) groups is 1. The van der Waals surface area contributed by atoms with Gasteiger partial charge >= 0.3 is 6.09 Å². The summed E-state index contributed by atoms with van der Waals surface area (Å²) in [6, 6.07) is 2.09. The summed E-state index contributed by atoms with van der Waals surface area (Å²) in [7, 11) is -1.32. The number of H-pyrrole nitrogens is 1. The number of aromatic nitrogens is 3. The molecule has 10 nitrogen and oxygen atoms in total. The molecular weight excluding hydrogens is 456 g/mol. The van der Waals surface area contributed by atoms with Crippen molar-refractivity contribution in [1.82, 2.24) is 24.6 Å². The normalized spacial score (nSPS) is 24.3. The van der Waals surface area contributed by atoms with E-state index in [9.17, 15) is 13.2 Å². The van der Waals surface area contributed by atoms with E-state index in [4.69, 9.17) is 4.74 Å². The van der Waals surface area contributed by atoms with Gasteiger partial charge in [-0.3, -0.25) is 0 Å². The van der Waals surface area contributed by atoms with Gasteiger partial charge in [0.2, 0.25) is 10.0 Å². The summed E-state index contributed by atoms with van der Waals surface area (Å²) in [5.74, 6) is 1.21. The van der Waals surface area contributed by atoms with Crippen molar-refractivity contribution in [1.29, 1.82) is 0 Å². The van der Waals surface area contributed by atoms with Crippen LogP contribution in [0.25, 0.3) is 11.0 Å². The Morgan fingerprint density at radius 3 is 2.68 bits per heavy atom. The molecule has 1 saturated carbocycles. The summed E-state index contributed by atoms with van der Waals surface area (Å²) in [5, 5.41) is 3.80. The van der Waals surface area contributed by atoms with Crippen LogP contribution in [0.5, 0.6) is 0 Å². The number of anilines is 1. The average Bonchev–Trinajstić information content (AvgIpc) is 3.42. The van der Waals surface area contributed by atoms with E-state index in [1.54, 1.807) is 27.1 Å². The predicted molar refractivity (Wildman–Crippen MR) is 131 cm³/mol. The Morgan fingerprint density at radius 2 is 1.97 bits per heavy atom. The third-order valence-corrected chi connectivity index (χ3v) is 8.75. The molecule has 2 aliphatic rings. The quantitative estimate of drug-likeness (QED) is 0.636. The van der Waals surface area contributed by atoms with Gasteiger partial charge in [0.15, 0.2) is 0 Å². The molecule has 0 unspecified atom stereocenters. The zero-order valence-corrected chi connectivity index (χ0v) is 21.3. The van der Waals surface area contributed by atoms with Crippen LogP contribution in [0, 0.1) is 5.92 Å². The third kappa shape index (κ3) is 5.80. The van der Waals surface area contributed by atoms with E-state index in [0.29, 0.717) is 25.6 Å². The molecule has 1 aliphatic carbocycles. The monoisotopic (exact) mass is 492 g/mol. The molecule has 2 aromatic rings. The third-order valence-electron chi connectivity index (χ3n) is 6.74. The zero-order valence-electron chi connectivity index (χ0n) is 20.5. The van der Waals surface area contributed by atoms with Gasteiger partial charge in [0.25, 0.3) is 0 Å². The Kier molecular flexibility index (Phi) is 7.04. The highest BCUT2D eigenvalue weighted by Gasteiger charge is 2.36. The second kappa shape index (κ2) is 9.69. The minimum atomic E-state index is -3.37. The van der Waals surface area contributed by atoms with Gasteiger partial charge in [-0.2, -0.15) is 4.31 Å². The summed E-state index contributed by atoms with van der Waals surface area (Å²) < 4.78 is 32.9. The minimum Gasteiger partial charge on any atom is -0.444 e. The Morgan fingerprint density at radius 1 is 1.24 bits per heavy atom. The molecule has 188 valence electrons. The number of carbonyl (C=O) groups excluding carboxylic acids is 1. The number of fused-ring (bicyclic) bond motifs is 1.